The van der Waals surface area contributed by atoms with E-state index in [9.17, 15) is 9.90 Å². The summed E-state index contributed by atoms with van der Waals surface area (Å²) in [5.74, 6) is 1.94. The van der Waals surface area contributed by atoms with Crippen LogP contribution >= 0.6 is 12.4 Å². The largest absolute Gasteiger partial charge is 0.454 e. The molecule has 35 heavy (non-hydrogen) atoms. The van der Waals surface area contributed by atoms with Gasteiger partial charge in [-0.3, -0.25) is 4.79 Å². The number of carbonyl (C=O) groups is 1. The average molecular weight is 495 g/mol. The van der Waals surface area contributed by atoms with E-state index in [1.807, 2.05) is 23.1 Å². The predicted molar refractivity (Wildman–Crippen MR) is 138 cm³/mol. The molecule has 0 saturated carbocycles. The van der Waals surface area contributed by atoms with Crippen molar-refractivity contribution in [2.45, 2.75) is 25.4 Å². The molecule has 1 amide bonds. The highest BCUT2D eigenvalue weighted by atomic mass is 35.5. The van der Waals surface area contributed by atoms with Crippen LogP contribution in [-0.2, 0) is 12.8 Å². The van der Waals surface area contributed by atoms with Crippen LogP contribution in [0.25, 0.3) is 10.8 Å². The summed E-state index contributed by atoms with van der Waals surface area (Å²) < 4.78 is 10.9. The molecule has 0 radical (unpaired) electrons. The number of benzene rings is 3. The second kappa shape index (κ2) is 10.1. The fourth-order valence-electron chi connectivity index (χ4n) is 5.72. The number of β-amino-alcohol motifs (C(OH)–C–C–N with tert-alkyl or cyclic N) is 1. The van der Waals surface area contributed by atoms with Crippen LogP contribution in [0.4, 0.5) is 0 Å². The van der Waals surface area contributed by atoms with Gasteiger partial charge in [0.15, 0.2) is 11.5 Å². The number of aliphatic hydroxyl groups excluding tert-OH is 1. The predicted octanol–water partition coefficient (Wildman–Crippen LogP) is 3.91. The van der Waals surface area contributed by atoms with Gasteiger partial charge in [0.05, 0.1) is 6.10 Å². The maximum absolute atomic E-state index is 13.1. The third kappa shape index (κ3) is 4.83. The molecule has 184 valence electrons. The van der Waals surface area contributed by atoms with Gasteiger partial charge in [0.1, 0.15) is 0 Å². The van der Waals surface area contributed by atoms with E-state index in [4.69, 9.17) is 9.47 Å². The summed E-state index contributed by atoms with van der Waals surface area (Å²) in [4.78, 5) is 17.5. The maximum Gasteiger partial charge on any atom is 0.254 e. The summed E-state index contributed by atoms with van der Waals surface area (Å²) in [5, 5.41) is 13.3. The van der Waals surface area contributed by atoms with Crippen molar-refractivity contribution in [3.05, 3.63) is 71.3 Å². The van der Waals surface area contributed by atoms with E-state index >= 15 is 0 Å². The summed E-state index contributed by atoms with van der Waals surface area (Å²) in [6, 6.07) is 18.4. The molecular formula is C28H31ClN2O4. The Morgan fingerprint density at radius 3 is 2.71 bits per heavy atom. The molecule has 2 unspecified atom stereocenters. The zero-order chi connectivity index (χ0) is 23.1. The van der Waals surface area contributed by atoms with Gasteiger partial charge >= 0.3 is 0 Å². The number of likely N-dealkylation sites (tertiary alicyclic amines) is 1. The van der Waals surface area contributed by atoms with Gasteiger partial charge in [0, 0.05) is 38.2 Å². The first kappa shape index (κ1) is 23.9. The molecule has 2 atom stereocenters. The maximum atomic E-state index is 13.1. The lowest BCUT2D eigenvalue weighted by Gasteiger charge is -2.31. The van der Waals surface area contributed by atoms with E-state index in [2.05, 4.69) is 41.3 Å². The summed E-state index contributed by atoms with van der Waals surface area (Å²) in [6.07, 6.45) is 2.15. The molecule has 0 spiro atoms. The number of rotatable bonds is 6. The third-order valence-electron chi connectivity index (χ3n) is 7.42. The summed E-state index contributed by atoms with van der Waals surface area (Å²) in [5.41, 5.74) is 2.99. The number of carbonyl (C=O) groups excluding carboxylic acids is 1. The van der Waals surface area contributed by atoms with Gasteiger partial charge in [0.2, 0.25) is 6.79 Å². The van der Waals surface area contributed by atoms with Crippen LogP contribution in [0.5, 0.6) is 11.5 Å². The Morgan fingerprint density at radius 2 is 1.83 bits per heavy atom. The summed E-state index contributed by atoms with van der Waals surface area (Å²) in [7, 11) is 0. The third-order valence-corrected chi connectivity index (χ3v) is 7.42. The zero-order valence-corrected chi connectivity index (χ0v) is 20.5. The zero-order valence-electron chi connectivity index (χ0n) is 19.7. The number of hydrogen-bond donors (Lipinski definition) is 1. The molecule has 6 nitrogen and oxygen atoms in total. The Hall–Kier alpha value is -2.80. The Bertz CT molecular complexity index is 1230. The quantitative estimate of drug-likeness (QED) is 0.563. The van der Waals surface area contributed by atoms with Gasteiger partial charge < -0.3 is 24.4 Å². The molecule has 1 saturated heterocycles. The van der Waals surface area contributed by atoms with E-state index in [1.165, 1.54) is 16.3 Å². The lowest BCUT2D eigenvalue weighted by molar-refractivity contribution is 0.0707. The van der Waals surface area contributed by atoms with E-state index in [1.54, 1.807) is 0 Å². The fourth-order valence-corrected chi connectivity index (χ4v) is 5.72. The minimum absolute atomic E-state index is 0. The van der Waals surface area contributed by atoms with Crippen molar-refractivity contribution in [2.24, 2.45) is 5.92 Å². The first-order valence-electron chi connectivity index (χ1n) is 12.2. The molecule has 3 aromatic carbocycles. The second-order valence-electron chi connectivity index (χ2n) is 9.77. The number of nitrogens with zero attached hydrogens (tertiary/aromatic N) is 2. The summed E-state index contributed by atoms with van der Waals surface area (Å²) in [6.45, 7) is 4.29. The highest BCUT2D eigenvalue weighted by Gasteiger charge is 2.32. The summed E-state index contributed by atoms with van der Waals surface area (Å²) >= 11 is 0. The van der Waals surface area contributed by atoms with Crippen LogP contribution in [0.3, 0.4) is 0 Å². The fraction of sp³-hybridized carbons (Fsp3) is 0.393. The van der Waals surface area contributed by atoms with Crippen LogP contribution in [0.15, 0.2) is 54.6 Å². The van der Waals surface area contributed by atoms with Crippen LogP contribution in [0.2, 0.25) is 0 Å². The first-order valence-corrected chi connectivity index (χ1v) is 12.2. The number of fused-ring (bicyclic) bond motifs is 3. The SMILES string of the molecule is Cl.O=C1c2cc3c(cc2CCN1CC1CCN(CC(O)Cc2cccc4ccccc24)C1)OCO3. The lowest BCUT2D eigenvalue weighted by Crippen LogP contribution is -2.41. The normalized spacial score (nSPS) is 20.1. The monoisotopic (exact) mass is 494 g/mol. The molecule has 7 heteroatoms. The van der Waals surface area contributed by atoms with Gasteiger partial charge in [-0.1, -0.05) is 42.5 Å². The number of ether oxygens (including phenoxy) is 2. The highest BCUT2D eigenvalue weighted by molar-refractivity contribution is 5.97. The molecular weight excluding hydrogens is 464 g/mol. The topological polar surface area (TPSA) is 62.2 Å². The minimum Gasteiger partial charge on any atom is -0.454 e. The Balaban J connectivity index is 0.00000253. The molecule has 0 aromatic heterocycles. The van der Waals surface area contributed by atoms with Crippen molar-refractivity contribution in [1.82, 2.24) is 9.80 Å². The molecule has 1 N–H and O–H groups in total. The van der Waals surface area contributed by atoms with Gasteiger partial charge in [-0.25, -0.2) is 0 Å². The molecule has 0 aliphatic carbocycles. The van der Waals surface area contributed by atoms with Gasteiger partial charge in [0.25, 0.3) is 5.91 Å². The number of halogens is 1. The van der Waals surface area contributed by atoms with E-state index in [0.717, 1.165) is 55.9 Å². The van der Waals surface area contributed by atoms with Crippen LogP contribution in [0.1, 0.15) is 27.9 Å². The van der Waals surface area contributed by atoms with E-state index in [0.29, 0.717) is 24.6 Å². The average Bonchev–Trinajstić information content (AvgIpc) is 3.49. The molecule has 3 aromatic rings. The van der Waals surface area contributed by atoms with Gasteiger partial charge in [-0.2, -0.15) is 0 Å². The molecule has 3 aliphatic rings. The number of aliphatic hydroxyl groups is 1. The lowest BCUT2D eigenvalue weighted by atomic mass is 9.97. The van der Waals surface area contributed by atoms with E-state index < -0.39 is 6.10 Å². The van der Waals surface area contributed by atoms with Crippen molar-refractivity contribution in [3.63, 3.8) is 0 Å². The van der Waals surface area contributed by atoms with Crippen molar-refractivity contribution >= 4 is 29.1 Å². The van der Waals surface area contributed by atoms with Crippen molar-refractivity contribution in [3.8, 4) is 11.5 Å². The van der Waals surface area contributed by atoms with Crippen LogP contribution in [-0.4, -0.2) is 66.4 Å². The highest BCUT2D eigenvalue weighted by Crippen LogP contribution is 2.37. The van der Waals surface area contributed by atoms with Crippen LogP contribution in [0, 0.1) is 5.92 Å². The minimum atomic E-state index is -0.405. The molecule has 3 heterocycles. The van der Waals surface area contributed by atoms with Crippen molar-refractivity contribution in [1.29, 1.82) is 0 Å². The van der Waals surface area contributed by atoms with Crippen molar-refractivity contribution in [2.75, 3.05) is 39.5 Å². The smallest absolute Gasteiger partial charge is 0.254 e. The molecule has 1 fully saturated rings. The Labute approximate surface area is 211 Å². The number of hydrogen-bond acceptors (Lipinski definition) is 5. The van der Waals surface area contributed by atoms with Gasteiger partial charge in [-0.05, 0) is 59.3 Å². The first-order chi connectivity index (χ1) is 16.6. The Kier molecular flexibility index (Phi) is 6.87. The molecule has 6 rings (SSSR count). The molecule has 0 bridgehead atoms. The Morgan fingerprint density at radius 1 is 1.03 bits per heavy atom. The van der Waals surface area contributed by atoms with Crippen LogP contribution < -0.4 is 9.47 Å². The standard InChI is InChI=1S/C28H30N2O4.ClH/c31-23(12-21-6-3-5-20-4-1-2-7-24(20)21)17-29-10-8-19(15-29)16-30-11-9-22-13-26-27(34-18-33-26)14-25(22)28(30)32;/h1-7,13-14,19,23,31H,8-12,15-18H2;1H. The second-order valence-corrected chi connectivity index (χ2v) is 9.77. The number of amides is 1. The molecule has 3 aliphatic heterocycles. The van der Waals surface area contributed by atoms with Gasteiger partial charge in [-0.15, -0.1) is 12.4 Å². The van der Waals surface area contributed by atoms with E-state index in [-0.39, 0.29) is 25.1 Å². The van der Waals surface area contributed by atoms with Crippen molar-refractivity contribution < 1.29 is 19.4 Å².